The van der Waals surface area contributed by atoms with Crippen molar-refractivity contribution in [3.8, 4) is 0 Å². The van der Waals surface area contributed by atoms with Crippen molar-refractivity contribution < 1.29 is 0 Å². The molecule has 1 aliphatic heterocycles. The van der Waals surface area contributed by atoms with Crippen LogP contribution < -0.4 is 4.90 Å². The summed E-state index contributed by atoms with van der Waals surface area (Å²) < 4.78 is 0. The van der Waals surface area contributed by atoms with Gasteiger partial charge in [0.1, 0.15) is 17.0 Å². The van der Waals surface area contributed by atoms with Crippen LogP contribution in [0.1, 0.15) is 18.2 Å². The molecule has 1 fully saturated rings. The van der Waals surface area contributed by atoms with E-state index in [-0.39, 0.29) is 0 Å². The Labute approximate surface area is 134 Å². The molecule has 2 aromatic rings. The predicted octanol–water partition coefficient (Wildman–Crippen LogP) is 3.00. The number of alkyl halides is 1. The van der Waals surface area contributed by atoms with Crippen LogP contribution in [0, 0.1) is 0 Å². The van der Waals surface area contributed by atoms with Crippen LogP contribution >= 0.6 is 22.9 Å². The molecule has 3 heterocycles. The quantitative estimate of drug-likeness (QED) is 0.809. The molecule has 0 amide bonds. The van der Waals surface area contributed by atoms with E-state index in [1.54, 1.807) is 17.7 Å². The van der Waals surface area contributed by atoms with Crippen molar-refractivity contribution in [1.29, 1.82) is 0 Å². The highest BCUT2D eigenvalue weighted by atomic mass is 35.5. The summed E-state index contributed by atoms with van der Waals surface area (Å²) >= 11 is 7.65. The Hall–Kier alpha value is -0.910. The maximum Gasteiger partial charge on any atom is 0.140 e. The third-order valence-corrected chi connectivity index (χ3v) is 5.35. The molecule has 0 N–H and O–H groups in total. The topological polar surface area (TPSA) is 32.3 Å². The molecule has 0 aromatic carbocycles. The second kappa shape index (κ2) is 6.90. The molecule has 4 nitrogen and oxygen atoms in total. The lowest BCUT2D eigenvalue weighted by Gasteiger charge is -2.22. The Kier molecular flexibility index (Phi) is 4.93. The smallest absolute Gasteiger partial charge is 0.140 e. The van der Waals surface area contributed by atoms with Gasteiger partial charge in [0.2, 0.25) is 0 Å². The van der Waals surface area contributed by atoms with Crippen molar-refractivity contribution in [3.63, 3.8) is 0 Å². The van der Waals surface area contributed by atoms with E-state index in [4.69, 9.17) is 11.6 Å². The standard InChI is InChI=1S/C15H21ClN4S/c1-2-12-10-13-14(17-11-18-15(13)21-12)20-6-3-5-19(7-4-16)8-9-20/h10-11H,2-9H2,1H3. The van der Waals surface area contributed by atoms with Crippen LogP contribution in [0.4, 0.5) is 5.82 Å². The van der Waals surface area contributed by atoms with Gasteiger partial charge in [-0.3, -0.25) is 0 Å². The highest BCUT2D eigenvalue weighted by Gasteiger charge is 2.18. The molecule has 0 atom stereocenters. The lowest BCUT2D eigenvalue weighted by Crippen LogP contribution is -2.32. The summed E-state index contributed by atoms with van der Waals surface area (Å²) in [5.41, 5.74) is 0. The van der Waals surface area contributed by atoms with Crippen LogP contribution in [0.5, 0.6) is 0 Å². The first-order valence-electron chi connectivity index (χ1n) is 7.58. The van der Waals surface area contributed by atoms with E-state index in [1.165, 1.54) is 10.3 Å². The van der Waals surface area contributed by atoms with E-state index in [0.717, 1.165) is 56.2 Å². The summed E-state index contributed by atoms with van der Waals surface area (Å²) in [6.45, 7) is 7.42. The molecule has 1 aliphatic rings. The van der Waals surface area contributed by atoms with Crippen LogP contribution in [-0.4, -0.2) is 53.5 Å². The van der Waals surface area contributed by atoms with Crippen LogP contribution in [0.2, 0.25) is 0 Å². The van der Waals surface area contributed by atoms with E-state index in [0.29, 0.717) is 5.88 Å². The molecule has 0 saturated carbocycles. The summed E-state index contributed by atoms with van der Waals surface area (Å²) in [6.07, 6.45) is 3.92. The fourth-order valence-corrected chi connectivity index (χ4v) is 4.01. The summed E-state index contributed by atoms with van der Waals surface area (Å²) in [5, 5.41) is 1.21. The molecule has 21 heavy (non-hydrogen) atoms. The van der Waals surface area contributed by atoms with Gasteiger partial charge in [-0.25, -0.2) is 9.97 Å². The van der Waals surface area contributed by atoms with Crippen LogP contribution in [0.25, 0.3) is 10.2 Å². The van der Waals surface area contributed by atoms with Crippen LogP contribution in [0.3, 0.4) is 0 Å². The summed E-state index contributed by atoms with van der Waals surface area (Å²) in [7, 11) is 0. The predicted molar refractivity (Wildman–Crippen MR) is 90.8 cm³/mol. The Morgan fingerprint density at radius 1 is 1.24 bits per heavy atom. The average molecular weight is 325 g/mol. The number of hydrogen-bond acceptors (Lipinski definition) is 5. The second-order valence-electron chi connectivity index (χ2n) is 5.35. The molecular weight excluding hydrogens is 304 g/mol. The van der Waals surface area contributed by atoms with Gasteiger partial charge >= 0.3 is 0 Å². The Balaban J connectivity index is 1.84. The van der Waals surface area contributed by atoms with Crippen LogP contribution in [0.15, 0.2) is 12.4 Å². The van der Waals surface area contributed by atoms with Crippen molar-refractivity contribution in [2.75, 3.05) is 43.5 Å². The highest BCUT2D eigenvalue weighted by Crippen LogP contribution is 2.30. The third kappa shape index (κ3) is 3.30. The summed E-state index contributed by atoms with van der Waals surface area (Å²) in [5.74, 6) is 1.81. The minimum atomic E-state index is 0.710. The maximum absolute atomic E-state index is 5.86. The van der Waals surface area contributed by atoms with E-state index >= 15 is 0 Å². The molecule has 6 heteroatoms. The van der Waals surface area contributed by atoms with Crippen molar-refractivity contribution in [1.82, 2.24) is 14.9 Å². The number of fused-ring (bicyclic) bond motifs is 1. The molecule has 2 aromatic heterocycles. The number of aryl methyl sites for hydroxylation is 1. The summed E-state index contributed by atoms with van der Waals surface area (Å²) in [4.78, 5) is 16.3. The molecule has 3 rings (SSSR count). The van der Waals surface area contributed by atoms with Gasteiger partial charge in [-0.15, -0.1) is 22.9 Å². The minimum absolute atomic E-state index is 0.710. The molecular formula is C15H21ClN4S. The van der Waals surface area contributed by atoms with E-state index in [2.05, 4.69) is 32.8 Å². The van der Waals surface area contributed by atoms with Gasteiger partial charge in [-0.2, -0.15) is 0 Å². The van der Waals surface area contributed by atoms with E-state index in [9.17, 15) is 0 Å². The molecule has 1 saturated heterocycles. The number of anilines is 1. The SMILES string of the molecule is CCc1cc2c(N3CCCN(CCCl)CC3)ncnc2s1. The number of thiophene rings is 1. The zero-order valence-electron chi connectivity index (χ0n) is 12.4. The Morgan fingerprint density at radius 2 is 2.14 bits per heavy atom. The lowest BCUT2D eigenvalue weighted by atomic mass is 10.3. The van der Waals surface area contributed by atoms with Crippen molar-refractivity contribution in [3.05, 3.63) is 17.3 Å². The third-order valence-electron chi connectivity index (χ3n) is 4.00. The maximum atomic E-state index is 5.86. The van der Waals surface area contributed by atoms with Crippen molar-refractivity contribution >= 4 is 39.0 Å². The monoisotopic (exact) mass is 324 g/mol. The first kappa shape index (κ1) is 15.0. The van der Waals surface area contributed by atoms with Gasteiger partial charge in [0.15, 0.2) is 0 Å². The molecule has 0 spiro atoms. The van der Waals surface area contributed by atoms with Gasteiger partial charge in [-0.05, 0) is 25.5 Å². The number of rotatable bonds is 4. The van der Waals surface area contributed by atoms with Gasteiger partial charge in [0.05, 0.1) is 5.39 Å². The molecule has 0 radical (unpaired) electrons. The lowest BCUT2D eigenvalue weighted by molar-refractivity contribution is 0.311. The fourth-order valence-electron chi connectivity index (χ4n) is 2.85. The Morgan fingerprint density at radius 3 is 2.95 bits per heavy atom. The first-order valence-corrected chi connectivity index (χ1v) is 8.93. The number of halogens is 1. The zero-order chi connectivity index (χ0) is 14.7. The molecule has 0 aliphatic carbocycles. The molecule has 0 bridgehead atoms. The average Bonchev–Trinajstić information content (AvgIpc) is 2.80. The number of hydrogen-bond donors (Lipinski definition) is 0. The second-order valence-corrected chi connectivity index (χ2v) is 6.85. The molecule has 0 unspecified atom stereocenters. The number of nitrogens with zero attached hydrogens (tertiary/aromatic N) is 4. The van der Waals surface area contributed by atoms with Crippen molar-refractivity contribution in [2.24, 2.45) is 0 Å². The molecule has 114 valence electrons. The number of aromatic nitrogens is 2. The zero-order valence-corrected chi connectivity index (χ0v) is 14.0. The van der Waals surface area contributed by atoms with E-state index < -0.39 is 0 Å². The van der Waals surface area contributed by atoms with Gasteiger partial charge < -0.3 is 9.80 Å². The normalized spacial score (nSPS) is 17.3. The largest absolute Gasteiger partial charge is 0.355 e. The first-order chi connectivity index (χ1) is 10.3. The highest BCUT2D eigenvalue weighted by molar-refractivity contribution is 7.18. The van der Waals surface area contributed by atoms with E-state index in [1.807, 2.05) is 0 Å². The minimum Gasteiger partial charge on any atom is -0.355 e. The van der Waals surface area contributed by atoms with Gasteiger partial charge in [0, 0.05) is 36.9 Å². The van der Waals surface area contributed by atoms with Gasteiger partial charge in [-0.1, -0.05) is 6.92 Å². The Bertz CT molecular complexity index is 600. The summed E-state index contributed by atoms with van der Waals surface area (Å²) in [6, 6.07) is 2.26. The fraction of sp³-hybridized carbons (Fsp3) is 0.600. The van der Waals surface area contributed by atoms with Crippen molar-refractivity contribution in [2.45, 2.75) is 19.8 Å². The van der Waals surface area contributed by atoms with Crippen LogP contribution in [-0.2, 0) is 6.42 Å². The van der Waals surface area contributed by atoms with Gasteiger partial charge in [0.25, 0.3) is 0 Å².